The van der Waals surface area contributed by atoms with Gasteiger partial charge in [-0.15, -0.1) is 23.2 Å². The highest BCUT2D eigenvalue weighted by molar-refractivity contribution is 6.52. The number of carbonyl (C=O) groups is 1. The minimum atomic E-state index is -0.931. The SMILES string of the molecule is O=C(NCc1ccccc1F)[C@@H]1CC1(Cl)Cl. The second kappa shape index (κ2) is 4.22. The monoisotopic (exact) mass is 261 g/mol. The zero-order chi connectivity index (χ0) is 11.8. The molecule has 1 aliphatic carbocycles. The fourth-order valence-electron chi connectivity index (χ4n) is 1.45. The van der Waals surface area contributed by atoms with Gasteiger partial charge in [-0.1, -0.05) is 18.2 Å². The first kappa shape index (κ1) is 11.7. The van der Waals surface area contributed by atoms with Gasteiger partial charge < -0.3 is 5.32 Å². The smallest absolute Gasteiger partial charge is 0.226 e. The fraction of sp³-hybridized carbons (Fsp3) is 0.364. The number of rotatable bonds is 3. The Morgan fingerprint density at radius 2 is 2.12 bits per heavy atom. The number of halogens is 3. The quantitative estimate of drug-likeness (QED) is 0.833. The van der Waals surface area contributed by atoms with Crippen molar-refractivity contribution in [3.05, 3.63) is 35.6 Å². The summed E-state index contributed by atoms with van der Waals surface area (Å²) in [5, 5.41) is 2.61. The van der Waals surface area contributed by atoms with E-state index in [1.165, 1.54) is 6.07 Å². The topological polar surface area (TPSA) is 29.1 Å². The van der Waals surface area contributed by atoms with Crippen molar-refractivity contribution < 1.29 is 9.18 Å². The van der Waals surface area contributed by atoms with Gasteiger partial charge in [0, 0.05) is 12.1 Å². The van der Waals surface area contributed by atoms with E-state index >= 15 is 0 Å². The van der Waals surface area contributed by atoms with Crippen LogP contribution in [0.25, 0.3) is 0 Å². The second-order valence-electron chi connectivity index (χ2n) is 3.83. The number of nitrogens with one attached hydrogen (secondary N) is 1. The van der Waals surface area contributed by atoms with Crippen LogP contribution in [0.3, 0.4) is 0 Å². The van der Waals surface area contributed by atoms with Gasteiger partial charge in [-0.2, -0.15) is 0 Å². The molecule has 5 heteroatoms. The third-order valence-corrected chi connectivity index (χ3v) is 3.39. The van der Waals surface area contributed by atoms with E-state index in [9.17, 15) is 9.18 Å². The molecule has 0 heterocycles. The second-order valence-corrected chi connectivity index (χ2v) is 5.37. The summed E-state index contributed by atoms with van der Waals surface area (Å²) in [5.74, 6) is -0.933. The molecular weight excluding hydrogens is 252 g/mol. The number of benzene rings is 1. The molecule has 0 unspecified atom stereocenters. The van der Waals surface area contributed by atoms with Crippen LogP contribution >= 0.6 is 23.2 Å². The van der Waals surface area contributed by atoms with E-state index in [0.717, 1.165) is 0 Å². The first-order valence-corrected chi connectivity index (χ1v) is 5.65. The molecule has 1 N–H and O–H groups in total. The summed E-state index contributed by atoms with van der Waals surface area (Å²) < 4.78 is 12.3. The van der Waals surface area contributed by atoms with Crippen molar-refractivity contribution in [2.24, 2.45) is 5.92 Å². The van der Waals surface area contributed by atoms with E-state index in [4.69, 9.17) is 23.2 Å². The average Bonchev–Trinajstić information content (AvgIpc) is 2.86. The molecule has 0 saturated heterocycles. The molecule has 1 aromatic rings. The third-order valence-electron chi connectivity index (χ3n) is 2.55. The third kappa shape index (κ3) is 2.47. The molecule has 1 atom stereocenters. The van der Waals surface area contributed by atoms with E-state index in [-0.39, 0.29) is 24.2 Å². The van der Waals surface area contributed by atoms with Crippen LogP contribution in [0.1, 0.15) is 12.0 Å². The standard InChI is InChI=1S/C11H10Cl2FNO/c12-11(13)5-8(11)10(16)15-6-7-3-1-2-4-9(7)14/h1-4,8H,5-6H2,(H,15,16)/t8-/m0/s1. The van der Waals surface area contributed by atoms with Gasteiger partial charge in [-0.25, -0.2) is 4.39 Å². The normalized spacial score (nSPS) is 21.6. The minimum absolute atomic E-state index is 0.159. The van der Waals surface area contributed by atoms with Gasteiger partial charge in [0.05, 0.1) is 5.92 Å². The van der Waals surface area contributed by atoms with Crippen molar-refractivity contribution in [2.45, 2.75) is 17.3 Å². The van der Waals surface area contributed by atoms with E-state index < -0.39 is 4.33 Å². The lowest BCUT2D eigenvalue weighted by atomic mass is 10.2. The van der Waals surface area contributed by atoms with Crippen LogP contribution in [0.5, 0.6) is 0 Å². The van der Waals surface area contributed by atoms with E-state index in [1.807, 2.05) is 0 Å². The van der Waals surface area contributed by atoms with Crippen molar-refractivity contribution in [2.75, 3.05) is 0 Å². The minimum Gasteiger partial charge on any atom is -0.352 e. The number of hydrogen-bond donors (Lipinski definition) is 1. The molecule has 0 aliphatic heterocycles. The van der Waals surface area contributed by atoms with Gasteiger partial charge in [0.1, 0.15) is 10.2 Å². The van der Waals surface area contributed by atoms with E-state index in [2.05, 4.69) is 5.32 Å². The molecule has 1 fully saturated rings. The summed E-state index contributed by atoms with van der Waals surface area (Å²) in [6, 6.07) is 6.29. The maximum absolute atomic E-state index is 13.2. The Labute approximate surface area is 103 Å². The summed E-state index contributed by atoms with van der Waals surface area (Å²) in [6.07, 6.45) is 0.458. The number of hydrogen-bond acceptors (Lipinski definition) is 1. The van der Waals surface area contributed by atoms with Crippen LogP contribution in [0.2, 0.25) is 0 Å². The van der Waals surface area contributed by atoms with Crippen molar-refractivity contribution >= 4 is 29.1 Å². The largest absolute Gasteiger partial charge is 0.352 e. The number of carbonyl (C=O) groups excluding carboxylic acids is 1. The maximum atomic E-state index is 13.2. The molecule has 2 nitrogen and oxygen atoms in total. The first-order chi connectivity index (χ1) is 7.50. The van der Waals surface area contributed by atoms with Crippen LogP contribution < -0.4 is 5.32 Å². The van der Waals surface area contributed by atoms with Crippen LogP contribution in [-0.4, -0.2) is 10.2 Å². The molecule has 2 rings (SSSR count). The van der Waals surface area contributed by atoms with Crippen molar-refractivity contribution in [1.82, 2.24) is 5.32 Å². The summed E-state index contributed by atoms with van der Waals surface area (Å²) in [6.45, 7) is 0.159. The van der Waals surface area contributed by atoms with Crippen LogP contribution in [-0.2, 0) is 11.3 Å². The van der Waals surface area contributed by atoms with Gasteiger partial charge in [-0.05, 0) is 12.5 Å². The highest BCUT2D eigenvalue weighted by atomic mass is 35.5. The predicted octanol–water partition coefficient (Wildman–Crippen LogP) is 2.64. The molecular formula is C11H10Cl2FNO. The summed E-state index contributed by atoms with van der Waals surface area (Å²) >= 11 is 11.5. The van der Waals surface area contributed by atoms with E-state index in [0.29, 0.717) is 12.0 Å². The molecule has 0 bridgehead atoms. The van der Waals surface area contributed by atoms with Crippen LogP contribution in [0, 0.1) is 11.7 Å². The zero-order valence-electron chi connectivity index (χ0n) is 8.34. The van der Waals surface area contributed by atoms with Gasteiger partial charge in [0.2, 0.25) is 5.91 Å². The number of amides is 1. The Morgan fingerprint density at radius 1 is 1.50 bits per heavy atom. The van der Waals surface area contributed by atoms with Gasteiger partial charge in [0.25, 0.3) is 0 Å². The highest BCUT2D eigenvalue weighted by Gasteiger charge is 2.56. The molecule has 16 heavy (non-hydrogen) atoms. The zero-order valence-corrected chi connectivity index (χ0v) is 9.85. The van der Waals surface area contributed by atoms with E-state index in [1.54, 1.807) is 18.2 Å². The van der Waals surface area contributed by atoms with Crippen molar-refractivity contribution in [3.8, 4) is 0 Å². The average molecular weight is 262 g/mol. The van der Waals surface area contributed by atoms with Crippen LogP contribution in [0.4, 0.5) is 4.39 Å². The Hall–Kier alpha value is -0.800. The Kier molecular flexibility index (Phi) is 3.08. The van der Waals surface area contributed by atoms with Gasteiger partial charge in [-0.3, -0.25) is 4.79 Å². The summed E-state index contributed by atoms with van der Waals surface area (Å²) in [5.41, 5.74) is 0.450. The summed E-state index contributed by atoms with van der Waals surface area (Å²) in [7, 11) is 0. The lowest BCUT2D eigenvalue weighted by molar-refractivity contribution is -0.122. The molecule has 1 aromatic carbocycles. The molecule has 1 aliphatic rings. The molecule has 0 spiro atoms. The molecule has 1 amide bonds. The van der Waals surface area contributed by atoms with Gasteiger partial charge in [0.15, 0.2) is 0 Å². The first-order valence-electron chi connectivity index (χ1n) is 4.89. The molecule has 0 aromatic heterocycles. The van der Waals surface area contributed by atoms with Crippen molar-refractivity contribution in [3.63, 3.8) is 0 Å². The molecule has 86 valence electrons. The predicted molar refractivity (Wildman–Crippen MR) is 60.8 cm³/mol. The number of alkyl halides is 2. The molecule has 1 saturated carbocycles. The Balaban J connectivity index is 1.89. The highest BCUT2D eigenvalue weighted by Crippen LogP contribution is 2.53. The molecule has 0 radical (unpaired) electrons. The lowest BCUT2D eigenvalue weighted by Gasteiger charge is -2.06. The fourth-order valence-corrected chi connectivity index (χ4v) is 1.95. The lowest BCUT2D eigenvalue weighted by Crippen LogP contribution is -2.26. The van der Waals surface area contributed by atoms with Crippen molar-refractivity contribution in [1.29, 1.82) is 0 Å². The van der Waals surface area contributed by atoms with Gasteiger partial charge >= 0.3 is 0 Å². The Bertz CT molecular complexity index is 422. The Morgan fingerprint density at radius 3 is 2.69 bits per heavy atom. The van der Waals surface area contributed by atoms with Crippen LogP contribution in [0.15, 0.2) is 24.3 Å². The maximum Gasteiger partial charge on any atom is 0.226 e. The summed E-state index contributed by atoms with van der Waals surface area (Å²) in [4.78, 5) is 11.5.